The molecule has 0 aliphatic heterocycles. The Balaban J connectivity index is 1.62. The highest BCUT2D eigenvalue weighted by molar-refractivity contribution is 5.98. The van der Waals surface area contributed by atoms with Gasteiger partial charge >= 0.3 is 0 Å². The number of methoxy groups -OCH3 is 1. The van der Waals surface area contributed by atoms with Crippen molar-refractivity contribution in [2.75, 3.05) is 7.11 Å². The van der Waals surface area contributed by atoms with Crippen LogP contribution in [0.5, 0.6) is 11.5 Å². The number of rotatable bonds is 6. The van der Waals surface area contributed by atoms with Gasteiger partial charge in [0.2, 0.25) is 0 Å². The topological polar surface area (TPSA) is 72.4 Å². The average Bonchev–Trinajstić information content (AvgIpc) is 3.52. The van der Waals surface area contributed by atoms with Crippen LogP contribution in [0.15, 0.2) is 54.6 Å². The van der Waals surface area contributed by atoms with E-state index in [0.29, 0.717) is 11.5 Å². The lowest BCUT2D eigenvalue weighted by atomic mass is 10.0. The Bertz CT molecular complexity index is 1540. The van der Waals surface area contributed by atoms with Crippen LogP contribution < -0.4 is 4.74 Å². The molecule has 1 radical (unpaired) electrons. The van der Waals surface area contributed by atoms with Gasteiger partial charge in [-0.2, -0.15) is 0 Å². The molecule has 3 aromatic carbocycles. The standard InChI is InChI=1S/C28H26N3O3/c1-30-27-22(7-4-8-25(27)34-2)29-28(30)23-14-19-5-3-6-21(26(19)31(23)15-17-9-10-17)18-11-12-24(33)20(13-18)16-32/h3,5-8,11-14,17,32-33H,9-10,15-16H2,1-2H3. The van der Waals surface area contributed by atoms with Crippen molar-refractivity contribution in [2.45, 2.75) is 26.0 Å². The lowest BCUT2D eigenvalue weighted by Gasteiger charge is -2.14. The molecular weight excluding hydrogens is 426 g/mol. The second-order valence-corrected chi connectivity index (χ2v) is 9.08. The normalized spacial score (nSPS) is 13.7. The lowest BCUT2D eigenvalue weighted by molar-refractivity contribution is 0.275. The minimum Gasteiger partial charge on any atom is -0.508 e. The van der Waals surface area contributed by atoms with Crippen LogP contribution in [0.1, 0.15) is 18.4 Å². The molecule has 34 heavy (non-hydrogen) atoms. The summed E-state index contributed by atoms with van der Waals surface area (Å²) in [6.45, 7) is 0.718. The summed E-state index contributed by atoms with van der Waals surface area (Å²) in [7, 11) is 3.70. The minimum absolute atomic E-state index is 0.109. The Labute approximate surface area is 197 Å². The van der Waals surface area contributed by atoms with Crippen molar-refractivity contribution in [1.82, 2.24) is 14.1 Å². The third-order valence-corrected chi connectivity index (χ3v) is 6.86. The van der Waals surface area contributed by atoms with Crippen molar-refractivity contribution in [3.05, 3.63) is 66.2 Å². The molecule has 0 atom stereocenters. The number of benzene rings is 3. The molecule has 5 aromatic rings. The van der Waals surface area contributed by atoms with Crippen molar-refractivity contribution >= 4 is 21.9 Å². The molecule has 0 amide bonds. The Morgan fingerprint density at radius 1 is 1.12 bits per heavy atom. The Hall–Kier alpha value is -3.77. The van der Waals surface area contributed by atoms with E-state index in [1.54, 1.807) is 13.2 Å². The average molecular weight is 453 g/mol. The van der Waals surface area contributed by atoms with E-state index in [0.717, 1.165) is 56.9 Å². The number of aryl methyl sites for hydroxylation is 1. The molecule has 0 bridgehead atoms. The fraction of sp³-hybridized carbons (Fsp3) is 0.250. The van der Waals surface area contributed by atoms with E-state index in [1.807, 2.05) is 31.3 Å². The van der Waals surface area contributed by atoms with Gasteiger partial charge < -0.3 is 24.1 Å². The number of fused-ring (bicyclic) bond motifs is 2. The first kappa shape index (κ1) is 20.8. The number of aromatic nitrogens is 3. The highest BCUT2D eigenvalue weighted by Crippen LogP contribution is 2.40. The van der Waals surface area contributed by atoms with E-state index in [9.17, 15) is 10.2 Å². The van der Waals surface area contributed by atoms with Gasteiger partial charge in [-0.3, -0.25) is 0 Å². The van der Waals surface area contributed by atoms with Crippen LogP contribution in [-0.4, -0.2) is 31.4 Å². The number of hydrogen-bond donors (Lipinski definition) is 2. The SMILES string of the molecule is COc1c[c]cc2nc(-c3cc4cccc(-c5ccc(O)c(CO)c5)c4n3CC3CC3)n(C)c12. The van der Waals surface area contributed by atoms with Crippen molar-refractivity contribution in [3.8, 4) is 34.1 Å². The first-order chi connectivity index (χ1) is 16.6. The van der Waals surface area contributed by atoms with Crippen LogP contribution in [0.4, 0.5) is 0 Å². The first-order valence-corrected chi connectivity index (χ1v) is 11.5. The zero-order valence-electron chi connectivity index (χ0n) is 19.2. The molecule has 1 saturated carbocycles. The largest absolute Gasteiger partial charge is 0.508 e. The number of aliphatic hydroxyl groups is 1. The second-order valence-electron chi connectivity index (χ2n) is 9.08. The second kappa shape index (κ2) is 7.92. The van der Waals surface area contributed by atoms with E-state index < -0.39 is 0 Å². The summed E-state index contributed by atoms with van der Waals surface area (Å²) >= 11 is 0. The van der Waals surface area contributed by atoms with Crippen LogP contribution >= 0.6 is 0 Å². The predicted octanol–water partition coefficient (Wildman–Crippen LogP) is 5.28. The van der Waals surface area contributed by atoms with Crippen molar-refractivity contribution in [1.29, 1.82) is 0 Å². The number of imidazole rings is 1. The zero-order chi connectivity index (χ0) is 23.4. The highest BCUT2D eigenvalue weighted by Gasteiger charge is 2.27. The highest BCUT2D eigenvalue weighted by atomic mass is 16.5. The van der Waals surface area contributed by atoms with Gasteiger partial charge in [-0.1, -0.05) is 24.3 Å². The summed E-state index contributed by atoms with van der Waals surface area (Å²) in [4.78, 5) is 4.98. The van der Waals surface area contributed by atoms with Gasteiger partial charge in [-0.15, -0.1) is 0 Å². The van der Waals surface area contributed by atoms with Crippen LogP contribution in [0.25, 0.3) is 44.6 Å². The van der Waals surface area contributed by atoms with Crippen LogP contribution in [0, 0.1) is 12.0 Å². The maximum Gasteiger partial charge on any atom is 0.157 e. The molecule has 1 aliphatic rings. The van der Waals surface area contributed by atoms with Gasteiger partial charge in [-0.05, 0) is 60.7 Å². The van der Waals surface area contributed by atoms with Crippen LogP contribution in [0.2, 0.25) is 0 Å². The fourth-order valence-corrected chi connectivity index (χ4v) is 4.93. The molecule has 0 saturated heterocycles. The number of phenols is 1. The molecule has 6 heteroatoms. The molecule has 171 valence electrons. The molecule has 2 N–H and O–H groups in total. The molecule has 2 aromatic heterocycles. The van der Waals surface area contributed by atoms with Gasteiger partial charge in [0.25, 0.3) is 0 Å². The number of hydrogen-bond acceptors (Lipinski definition) is 4. The fourth-order valence-electron chi connectivity index (χ4n) is 4.93. The molecular formula is C28H26N3O3. The maximum absolute atomic E-state index is 10.1. The number of ether oxygens (including phenoxy) is 1. The number of aliphatic hydroxyl groups excluding tert-OH is 1. The summed E-state index contributed by atoms with van der Waals surface area (Å²) in [5.41, 5.74) is 6.57. The Kier molecular flexibility index (Phi) is 4.85. The van der Waals surface area contributed by atoms with Crippen molar-refractivity contribution < 1.29 is 14.9 Å². The summed E-state index contributed by atoms with van der Waals surface area (Å²) in [6, 6.07) is 20.8. The molecule has 1 aliphatic carbocycles. The molecule has 6 rings (SSSR count). The number of nitrogens with zero attached hydrogens (tertiary/aromatic N) is 3. The van der Waals surface area contributed by atoms with Crippen LogP contribution in [0.3, 0.4) is 0 Å². The van der Waals surface area contributed by atoms with Gasteiger partial charge in [0.1, 0.15) is 17.0 Å². The zero-order valence-corrected chi connectivity index (χ0v) is 19.2. The monoisotopic (exact) mass is 452 g/mol. The van der Waals surface area contributed by atoms with Crippen molar-refractivity contribution in [2.24, 2.45) is 13.0 Å². The first-order valence-electron chi connectivity index (χ1n) is 11.5. The van der Waals surface area contributed by atoms with Gasteiger partial charge in [0.15, 0.2) is 5.82 Å². The van der Waals surface area contributed by atoms with Gasteiger partial charge in [0, 0.05) is 30.1 Å². The number of aromatic hydroxyl groups is 1. The van der Waals surface area contributed by atoms with Gasteiger partial charge in [-0.25, -0.2) is 4.98 Å². The molecule has 6 nitrogen and oxygen atoms in total. The summed E-state index contributed by atoms with van der Waals surface area (Å²) < 4.78 is 10.1. The molecule has 0 unspecified atom stereocenters. The molecule has 0 spiro atoms. The summed E-state index contributed by atoms with van der Waals surface area (Å²) in [6.07, 6.45) is 2.47. The Morgan fingerprint density at radius 2 is 1.97 bits per heavy atom. The summed E-state index contributed by atoms with van der Waals surface area (Å²) in [5, 5.41) is 20.9. The van der Waals surface area contributed by atoms with Gasteiger partial charge in [0.05, 0.1) is 30.4 Å². The van der Waals surface area contributed by atoms with E-state index in [4.69, 9.17) is 9.72 Å². The number of para-hydroxylation sites is 1. The smallest absolute Gasteiger partial charge is 0.157 e. The third-order valence-electron chi connectivity index (χ3n) is 6.86. The van der Waals surface area contributed by atoms with E-state index in [1.165, 1.54) is 12.8 Å². The predicted molar refractivity (Wildman–Crippen MR) is 133 cm³/mol. The van der Waals surface area contributed by atoms with Crippen molar-refractivity contribution in [3.63, 3.8) is 0 Å². The third kappa shape index (κ3) is 3.25. The van der Waals surface area contributed by atoms with Crippen LogP contribution in [-0.2, 0) is 20.2 Å². The maximum atomic E-state index is 10.1. The Morgan fingerprint density at radius 3 is 2.74 bits per heavy atom. The quantitative estimate of drug-likeness (QED) is 0.368. The minimum atomic E-state index is -0.206. The molecule has 1 fully saturated rings. The molecule has 2 heterocycles. The van der Waals surface area contributed by atoms with E-state index >= 15 is 0 Å². The van der Waals surface area contributed by atoms with E-state index in [-0.39, 0.29) is 12.4 Å². The lowest BCUT2D eigenvalue weighted by Crippen LogP contribution is -2.05. The summed E-state index contributed by atoms with van der Waals surface area (Å²) in [5.74, 6) is 2.41. The van der Waals surface area contributed by atoms with E-state index in [2.05, 4.69) is 39.5 Å².